The van der Waals surface area contributed by atoms with Crippen molar-refractivity contribution in [1.82, 2.24) is 10.3 Å². The van der Waals surface area contributed by atoms with Crippen LogP contribution in [0.2, 0.25) is 0 Å². The molecule has 6 heteroatoms. The number of carbonyl (C=O) groups excluding carboxylic acids is 1. The van der Waals surface area contributed by atoms with Gasteiger partial charge in [0.05, 0.1) is 24.8 Å². The zero-order chi connectivity index (χ0) is 23.8. The van der Waals surface area contributed by atoms with Crippen LogP contribution >= 0.6 is 0 Å². The van der Waals surface area contributed by atoms with Gasteiger partial charge in [-0.05, 0) is 81.9 Å². The number of oxazole rings is 1. The molecule has 4 rings (SSSR count). The fourth-order valence-corrected chi connectivity index (χ4v) is 4.52. The second-order valence-corrected chi connectivity index (χ2v) is 8.78. The predicted molar refractivity (Wildman–Crippen MR) is 132 cm³/mol. The highest BCUT2D eigenvalue weighted by atomic mass is 16.5. The average Bonchev–Trinajstić information content (AvgIpc) is 3.25. The van der Waals surface area contributed by atoms with E-state index in [1.807, 2.05) is 56.3 Å². The van der Waals surface area contributed by atoms with Gasteiger partial charge < -0.3 is 19.2 Å². The van der Waals surface area contributed by atoms with Crippen LogP contribution in [-0.4, -0.2) is 37.3 Å². The molecular weight excluding hydrogens is 428 g/mol. The van der Waals surface area contributed by atoms with Crippen LogP contribution in [0.3, 0.4) is 0 Å². The van der Waals surface area contributed by atoms with Crippen molar-refractivity contribution in [3.8, 4) is 17.2 Å². The van der Waals surface area contributed by atoms with E-state index in [0.29, 0.717) is 31.4 Å². The van der Waals surface area contributed by atoms with Crippen molar-refractivity contribution in [1.29, 1.82) is 0 Å². The molecular formula is C28H34N2O4. The Balaban J connectivity index is 1.25. The molecule has 0 amide bonds. The number of esters is 1. The van der Waals surface area contributed by atoms with Crippen molar-refractivity contribution in [2.24, 2.45) is 11.8 Å². The van der Waals surface area contributed by atoms with Crippen molar-refractivity contribution in [3.63, 3.8) is 0 Å². The minimum Gasteiger partial charge on any atom is -0.493 e. The first-order valence-corrected chi connectivity index (χ1v) is 12.2. The normalized spacial score (nSPS) is 17.9. The molecule has 180 valence electrons. The Labute approximate surface area is 201 Å². The SMILES string of the molecule is CCOC(=O)C1CCNCC1CCc1ccc(OCCc2nc(-c3ccccc3)oc2C)cc1. The molecule has 1 saturated heterocycles. The molecule has 1 fully saturated rings. The summed E-state index contributed by atoms with van der Waals surface area (Å²) in [5.74, 6) is 2.60. The summed E-state index contributed by atoms with van der Waals surface area (Å²) in [6, 6.07) is 18.2. The smallest absolute Gasteiger partial charge is 0.309 e. The largest absolute Gasteiger partial charge is 0.493 e. The highest BCUT2D eigenvalue weighted by Crippen LogP contribution is 2.26. The molecule has 3 aromatic rings. The van der Waals surface area contributed by atoms with E-state index in [-0.39, 0.29) is 11.9 Å². The summed E-state index contributed by atoms with van der Waals surface area (Å²) in [6.07, 6.45) is 3.44. The zero-order valence-corrected chi connectivity index (χ0v) is 20.1. The van der Waals surface area contributed by atoms with Crippen LogP contribution < -0.4 is 10.1 Å². The van der Waals surface area contributed by atoms with Crippen LogP contribution in [0.5, 0.6) is 5.75 Å². The lowest BCUT2D eigenvalue weighted by Gasteiger charge is -2.30. The first-order valence-electron chi connectivity index (χ1n) is 12.2. The van der Waals surface area contributed by atoms with Gasteiger partial charge in [-0.1, -0.05) is 30.3 Å². The van der Waals surface area contributed by atoms with Crippen LogP contribution in [0.25, 0.3) is 11.5 Å². The monoisotopic (exact) mass is 462 g/mol. The molecule has 2 aromatic carbocycles. The van der Waals surface area contributed by atoms with E-state index in [0.717, 1.165) is 55.1 Å². The Kier molecular flexibility index (Phi) is 8.36. The number of hydrogen-bond acceptors (Lipinski definition) is 6. The lowest BCUT2D eigenvalue weighted by Crippen LogP contribution is -2.41. The van der Waals surface area contributed by atoms with Crippen molar-refractivity contribution < 1.29 is 18.7 Å². The Morgan fingerprint density at radius 3 is 2.68 bits per heavy atom. The Morgan fingerprint density at radius 2 is 1.91 bits per heavy atom. The third-order valence-electron chi connectivity index (χ3n) is 6.45. The van der Waals surface area contributed by atoms with E-state index < -0.39 is 0 Å². The van der Waals surface area contributed by atoms with Gasteiger partial charge >= 0.3 is 5.97 Å². The van der Waals surface area contributed by atoms with Gasteiger partial charge in [0.2, 0.25) is 5.89 Å². The number of piperidine rings is 1. The van der Waals surface area contributed by atoms with Gasteiger partial charge in [0.25, 0.3) is 0 Å². The van der Waals surface area contributed by atoms with Crippen LogP contribution in [0.15, 0.2) is 59.0 Å². The zero-order valence-electron chi connectivity index (χ0n) is 20.1. The quantitative estimate of drug-likeness (QED) is 0.428. The average molecular weight is 463 g/mol. The molecule has 34 heavy (non-hydrogen) atoms. The molecule has 0 radical (unpaired) electrons. The number of nitrogens with zero attached hydrogens (tertiary/aromatic N) is 1. The van der Waals surface area contributed by atoms with Crippen molar-refractivity contribution in [2.75, 3.05) is 26.3 Å². The molecule has 1 aromatic heterocycles. The van der Waals surface area contributed by atoms with Gasteiger partial charge in [-0.3, -0.25) is 4.79 Å². The van der Waals surface area contributed by atoms with E-state index in [2.05, 4.69) is 22.4 Å². The van der Waals surface area contributed by atoms with Crippen molar-refractivity contribution in [2.45, 2.75) is 39.5 Å². The van der Waals surface area contributed by atoms with Gasteiger partial charge in [-0.15, -0.1) is 0 Å². The molecule has 1 aliphatic rings. The predicted octanol–water partition coefficient (Wildman–Crippen LogP) is 4.99. The van der Waals surface area contributed by atoms with E-state index in [1.165, 1.54) is 5.56 Å². The van der Waals surface area contributed by atoms with Gasteiger partial charge in [0.15, 0.2) is 0 Å². The number of aryl methyl sites for hydroxylation is 2. The fourth-order valence-electron chi connectivity index (χ4n) is 4.52. The molecule has 2 heterocycles. The summed E-state index contributed by atoms with van der Waals surface area (Å²) in [4.78, 5) is 16.9. The maximum atomic E-state index is 12.3. The first kappa shape index (κ1) is 24.0. The van der Waals surface area contributed by atoms with Crippen LogP contribution in [-0.2, 0) is 22.4 Å². The highest BCUT2D eigenvalue weighted by molar-refractivity contribution is 5.73. The molecule has 1 aliphatic heterocycles. The Bertz CT molecular complexity index is 1050. The summed E-state index contributed by atoms with van der Waals surface area (Å²) in [6.45, 7) is 6.55. The summed E-state index contributed by atoms with van der Waals surface area (Å²) in [5.41, 5.74) is 3.15. The summed E-state index contributed by atoms with van der Waals surface area (Å²) < 4.78 is 17.1. The third-order valence-corrected chi connectivity index (χ3v) is 6.45. The number of ether oxygens (including phenoxy) is 2. The molecule has 0 bridgehead atoms. The molecule has 1 N–H and O–H groups in total. The standard InChI is InChI=1S/C28H34N2O4/c1-3-32-28(31)25-15-17-29-19-23(25)12-9-21-10-13-24(14-11-21)33-18-16-26-20(2)34-27(30-26)22-7-5-4-6-8-22/h4-8,10-11,13-14,23,25,29H,3,9,12,15-19H2,1-2H3. The maximum absolute atomic E-state index is 12.3. The first-order chi connectivity index (χ1) is 16.6. The molecule has 0 saturated carbocycles. The summed E-state index contributed by atoms with van der Waals surface area (Å²) >= 11 is 0. The number of carbonyl (C=O) groups is 1. The van der Waals surface area contributed by atoms with Gasteiger partial charge in [-0.25, -0.2) is 4.98 Å². The van der Waals surface area contributed by atoms with Crippen LogP contribution in [0.4, 0.5) is 0 Å². The van der Waals surface area contributed by atoms with Crippen molar-refractivity contribution in [3.05, 3.63) is 71.6 Å². The number of aromatic nitrogens is 1. The number of benzene rings is 2. The topological polar surface area (TPSA) is 73.6 Å². The van der Waals surface area contributed by atoms with E-state index in [1.54, 1.807) is 0 Å². The van der Waals surface area contributed by atoms with E-state index in [9.17, 15) is 4.79 Å². The molecule has 0 spiro atoms. The lowest BCUT2D eigenvalue weighted by atomic mass is 9.82. The summed E-state index contributed by atoms with van der Waals surface area (Å²) in [5, 5.41) is 3.42. The Hall–Kier alpha value is -3.12. The minimum atomic E-state index is -0.0454. The van der Waals surface area contributed by atoms with Crippen molar-refractivity contribution >= 4 is 5.97 Å². The van der Waals surface area contributed by atoms with Crippen LogP contribution in [0.1, 0.15) is 36.8 Å². The third kappa shape index (κ3) is 6.26. The highest BCUT2D eigenvalue weighted by Gasteiger charge is 2.31. The van der Waals surface area contributed by atoms with E-state index in [4.69, 9.17) is 13.9 Å². The number of rotatable bonds is 10. The second kappa shape index (κ2) is 11.8. The van der Waals surface area contributed by atoms with Gasteiger partial charge in [0, 0.05) is 12.0 Å². The summed E-state index contributed by atoms with van der Waals surface area (Å²) in [7, 11) is 0. The van der Waals surface area contributed by atoms with E-state index >= 15 is 0 Å². The maximum Gasteiger partial charge on any atom is 0.309 e. The molecule has 0 aliphatic carbocycles. The Morgan fingerprint density at radius 1 is 1.12 bits per heavy atom. The second-order valence-electron chi connectivity index (χ2n) is 8.78. The number of nitrogens with one attached hydrogen (secondary N) is 1. The van der Waals surface area contributed by atoms with Crippen LogP contribution in [0, 0.1) is 18.8 Å². The van der Waals surface area contributed by atoms with Gasteiger partial charge in [0.1, 0.15) is 11.5 Å². The molecule has 6 nitrogen and oxygen atoms in total. The fraction of sp³-hybridized carbons (Fsp3) is 0.429. The minimum absolute atomic E-state index is 0.00574. The molecule has 2 atom stereocenters. The van der Waals surface area contributed by atoms with Gasteiger partial charge in [-0.2, -0.15) is 0 Å². The lowest BCUT2D eigenvalue weighted by molar-refractivity contribution is -0.151. The number of hydrogen-bond donors (Lipinski definition) is 1. The molecule has 2 unspecified atom stereocenters.